The van der Waals surface area contributed by atoms with Gasteiger partial charge in [-0.1, -0.05) is 6.07 Å². The van der Waals surface area contributed by atoms with Gasteiger partial charge in [0.1, 0.15) is 11.9 Å². The van der Waals surface area contributed by atoms with Crippen molar-refractivity contribution in [2.24, 2.45) is 5.92 Å². The lowest BCUT2D eigenvalue weighted by atomic mass is 9.89. The average molecular weight is 235 g/mol. The molecule has 0 aliphatic carbocycles. The molecule has 0 spiro atoms. The fourth-order valence-electron chi connectivity index (χ4n) is 2.51. The Kier molecular flexibility index (Phi) is 3.97. The minimum atomic E-state index is 0.0761. The van der Waals surface area contributed by atoms with Gasteiger partial charge in [0, 0.05) is 7.11 Å². The Balaban J connectivity index is 2.10. The SMILES string of the molecule is COC(c1cccc(N)n1)C1CCN(C)CC1. The molecule has 4 nitrogen and oxygen atoms in total. The molecular formula is C13H21N3O. The van der Waals surface area contributed by atoms with E-state index in [1.165, 1.54) is 0 Å². The number of likely N-dealkylation sites (tertiary alicyclic amines) is 1. The highest BCUT2D eigenvalue weighted by Gasteiger charge is 2.27. The first kappa shape index (κ1) is 12.3. The minimum Gasteiger partial charge on any atom is -0.384 e. The molecule has 1 aromatic heterocycles. The topological polar surface area (TPSA) is 51.4 Å². The van der Waals surface area contributed by atoms with Gasteiger partial charge in [-0.3, -0.25) is 0 Å². The Morgan fingerprint density at radius 3 is 2.71 bits per heavy atom. The van der Waals surface area contributed by atoms with Crippen LogP contribution in [0.3, 0.4) is 0 Å². The standard InChI is InChI=1S/C13H21N3O/c1-16-8-6-10(7-9-16)13(17-2)11-4-3-5-12(14)15-11/h3-5,10,13H,6-9H2,1-2H3,(H2,14,15). The van der Waals surface area contributed by atoms with Gasteiger partial charge in [-0.05, 0) is 51.0 Å². The average Bonchev–Trinajstić information content (AvgIpc) is 2.33. The Hall–Kier alpha value is -1.13. The van der Waals surface area contributed by atoms with Gasteiger partial charge in [0.15, 0.2) is 0 Å². The Morgan fingerprint density at radius 1 is 1.41 bits per heavy atom. The van der Waals surface area contributed by atoms with Crippen LogP contribution in [0.4, 0.5) is 5.82 Å². The molecule has 1 unspecified atom stereocenters. The highest BCUT2D eigenvalue weighted by atomic mass is 16.5. The molecule has 1 aliphatic heterocycles. The van der Waals surface area contributed by atoms with Crippen molar-refractivity contribution in [2.75, 3.05) is 33.0 Å². The molecule has 0 bridgehead atoms. The molecule has 4 heteroatoms. The van der Waals surface area contributed by atoms with Crippen LogP contribution in [0.25, 0.3) is 0 Å². The van der Waals surface area contributed by atoms with Crippen molar-refractivity contribution in [2.45, 2.75) is 18.9 Å². The summed E-state index contributed by atoms with van der Waals surface area (Å²) in [6, 6.07) is 5.76. The number of piperidine rings is 1. The van der Waals surface area contributed by atoms with Gasteiger partial charge < -0.3 is 15.4 Å². The quantitative estimate of drug-likeness (QED) is 0.866. The lowest BCUT2D eigenvalue weighted by Crippen LogP contribution is -2.33. The number of hydrogen-bond acceptors (Lipinski definition) is 4. The zero-order chi connectivity index (χ0) is 12.3. The van der Waals surface area contributed by atoms with E-state index in [-0.39, 0.29) is 6.10 Å². The minimum absolute atomic E-state index is 0.0761. The summed E-state index contributed by atoms with van der Waals surface area (Å²) >= 11 is 0. The molecule has 0 amide bonds. The van der Waals surface area contributed by atoms with Gasteiger partial charge in [0.25, 0.3) is 0 Å². The molecule has 1 atom stereocenters. The van der Waals surface area contributed by atoms with Crippen LogP contribution >= 0.6 is 0 Å². The van der Waals surface area contributed by atoms with E-state index >= 15 is 0 Å². The Bertz CT molecular complexity index is 361. The van der Waals surface area contributed by atoms with Crippen LogP contribution in [0.2, 0.25) is 0 Å². The summed E-state index contributed by atoms with van der Waals surface area (Å²) < 4.78 is 5.63. The smallest absolute Gasteiger partial charge is 0.123 e. The van der Waals surface area contributed by atoms with Crippen LogP contribution < -0.4 is 5.73 Å². The van der Waals surface area contributed by atoms with Crippen molar-refractivity contribution in [3.8, 4) is 0 Å². The van der Waals surface area contributed by atoms with E-state index in [0.717, 1.165) is 31.6 Å². The van der Waals surface area contributed by atoms with Crippen molar-refractivity contribution in [1.82, 2.24) is 9.88 Å². The van der Waals surface area contributed by atoms with Crippen molar-refractivity contribution in [1.29, 1.82) is 0 Å². The predicted molar refractivity (Wildman–Crippen MR) is 68.6 cm³/mol. The van der Waals surface area contributed by atoms with Crippen LogP contribution in [-0.2, 0) is 4.74 Å². The van der Waals surface area contributed by atoms with Gasteiger partial charge in [-0.2, -0.15) is 0 Å². The van der Waals surface area contributed by atoms with Gasteiger partial charge in [0.2, 0.25) is 0 Å². The fraction of sp³-hybridized carbons (Fsp3) is 0.615. The third-order valence-electron chi connectivity index (χ3n) is 3.53. The molecule has 17 heavy (non-hydrogen) atoms. The zero-order valence-corrected chi connectivity index (χ0v) is 10.6. The molecule has 0 aromatic carbocycles. The first-order valence-corrected chi connectivity index (χ1v) is 6.14. The van der Waals surface area contributed by atoms with Crippen LogP contribution in [-0.4, -0.2) is 37.1 Å². The molecule has 2 N–H and O–H groups in total. The number of aromatic nitrogens is 1. The summed E-state index contributed by atoms with van der Waals surface area (Å²) in [5, 5.41) is 0. The number of nitrogen functional groups attached to an aromatic ring is 1. The van der Waals surface area contributed by atoms with Crippen LogP contribution in [0.5, 0.6) is 0 Å². The van der Waals surface area contributed by atoms with Crippen LogP contribution in [0.15, 0.2) is 18.2 Å². The Labute approximate surface area is 103 Å². The van der Waals surface area contributed by atoms with E-state index in [1.54, 1.807) is 7.11 Å². The lowest BCUT2D eigenvalue weighted by molar-refractivity contribution is 0.0214. The highest BCUT2D eigenvalue weighted by molar-refractivity contribution is 5.29. The number of nitrogens with two attached hydrogens (primary N) is 1. The molecule has 94 valence electrons. The maximum Gasteiger partial charge on any atom is 0.123 e. The van der Waals surface area contributed by atoms with E-state index in [4.69, 9.17) is 10.5 Å². The van der Waals surface area contributed by atoms with E-state index in [1.807, 2.05) is 18.2 Å². The van der Waals surface area contributed by atoms with E-state index in [2.05, 4.69) is 16.9 Å². The fourth-order valence-corrected chi connectivity index (χ4v) is 2.51. The lowest BCUT2D eigenvalue weighted by Gasteiger charge is -2.33. The van der Waals surface area contributed by atoms with Crippen LogP contribution in [0, 0.1) is 5.92 Å². The van der Waals surface area contributed by atoms with Gasteiger partial charge in [0.05, 0.1) is 5.69 Å². The first-order valence-electron chi connectivity index (χ1n) is 6.14. The van der Waals surface area contributed by atoms with Gasteiger partial charge in [-0.15, -0.1) is 0 Å². The summed E-state index contributed by atoms with van der Waals surface area (Å²) in [5.41, 5.74) is 6.69. The number of hydrogen-bond donors (Lipinski definition) is 1. The normalized spacial score (nSPS) is 20.4. The van der Waals surface area contributed by atoms with E-state index in [0.29, 0.717) is 11.7 Å². The molecule has 0 saturated carbocycles. The number of methoxy groups -OCH3 is 1. The summed E-state index contributed by atoms with van der Waals surface area (Å²) in [4.78, 5) is 6.73. The molecule has 2 heterocycles. The second-order valence-corrected chi connectivity index (χ2v) is 4.78. The van der Waals surface area contributed by atoms with Crippen LogP contribution in [0.1, 0.15) is 24.6 Å². The summed E-state index contributed by atoms with van der Waals surface area (Å²) in [7, 11) is 3.92. The molecule has 1 saturated heterocycles. The maximum absolute atomic E-state index is 5.73. The number of anilines is 1. The number of rotatable bonds is 3. The van der Waals surface area contributed by atoms with Gasteiger partial charge >= 0.3 is 0 Å². The summed E-state index contributed by atoms with van der Waals surface area (Å²) in [6.07, 6.45) is 2.39. The maximum atomic E-state index is 5.73. The third kappa shape index (κ3) is 2.96. The second kappa shape index (κ2) is 5.47. The highest BCUT2D eigenvalue weighted by Crippen LogP contribution is 2.32. The number of pyridine rings is 1. The van der Waals surface area contributed by atoms with Crippen molar-refractivity contribution >= 4 is 5.82 Å². The molecule has 0 radical (unpaired) electrons. The molecule has 1 fully saturated rings. The van der Waals surface area contributed by atoms with Gasteiger partial charge in [-0.25, -0.2) is 4.98 Å². The predicted octanol–water partition coefficient (Wildman–Crippen LogP) is 1.69. The zero-order valence-electron chi connectivity index (χ0n) is 10.6. The number of ether oxygens (including phenoxy) is 1. The third-order valence-corrected chi connectivity index (χ3v) is 3.53. The first-order chi connectivity index (χ1) is 8.20. The molecule has 1 aromatic rings. The molecular weight excluding hydrogens is 214 g/mol. The summed E-state index contributed by atoms with van der Waals surface area (Å²) in [5.74, 6) is 1.11. The molecule has 1 aliphatic rings. The van der Waals surface area contributed by atoms with Crippen molar-refractivity contribution < 1.29 is 4.74 Å². The molecule has 2 rings (SSSR count). The van der Waals surface area contributed by atoms with Crippen molar-refractivity contribution in [3.05, 3.63) is 23.9 Å². The van der Waals surface area contributed by atoms with E-state index < -0.39 is 0 Å². The monoisotopic (exact) mass is 235 g/mol. The Morgan fingerprint density at radius 2 is 2.12 bits per heavy atom. The summed E-state index contributed by atoms with van der Waals surface area (Å²) in [6.45, 7) is 2.26. The second-order valence-electron chi connectivity index (χ2n) is 4.78. The number of nitrogens with zero attached hydrogens (tertiary/aromatic N) is 2. The largest absolute Gasteiger partial charge is 0.384 e. The van der Waals surface area contributed by atoms with Crippen molar-refractivity contribution in [3.63, 3.8) is 0 Å². The van der Waals surface area contributed by atoms with E-state index in [9.17, 15) is 0 Å².